The predicted molar refractivity (Wildman–Crippen MR) is 103 cm³/mol. The Labute approximate surface area is 153 Å². The molecule has 5 nitrogen and oxygen atoms in total. The van der Waals surface area contributed by atoms with E-state index in [-0.39, 0.29) is 5.91 Å². The van der Waals surface area contributed by atoms with Gasteiger partial charge in [0.2, 0.25) is 5.91 Å². The maximum atomic E-state index is 12.3. The summed E-state index contributed by atoms with van der Waals surface area (Å²) in [6, 6.07) is 16.5. The zero-order chi connectivity index (χ0) is 18.0. The Morgan fingerprint density at radius 3 is 2.54 bits per heavy atom. The molecule has 1 aromatic heterocycles. The van der Waals surface area contributed by atoms with Gasteiger partial charge in [-0.1, -0.05) is 49.2 Å². The van der Waals surface area contributed by atoms with Crippen molar-refractivity contribution in [3.8, 4) is 0 Å². The van der Waals surface area contributed by atoms with E-state index in [4.69, 9.17) is 5.73 Å². The van der Waals surface area contributed by atoms with E-state index in [9.17, 15) is 4.79 Å². The molecule has 0 aliphatic heterocycles. The number of carbonyl (C=O) groups excluding carboxylic acids is 1. The van der Waals surface area contributed by atoms with Crippen molar-refractivity contribution in [3.63, 3.8) is 0 Å². The molecule has 1 saturated carbocycles. The number of rotatable bonds is 5. The summed E-state index contributed by atoms with van der Waals surface area (Å²) in [5, 5.41) is 2.99. The molecule has 0 atom stereocenters. The fourth-order valence-corrected chi connectivity index (χ4v) is 3.69. The van der Waals surface area contributed by atoms with Crippen LogP contribution in [-0.4, -0.2) is 21.0 Å². The summed E-state index contributed by atoms with van der Waals surface area (Å²) < 4.78 is 2.14. The van der Waals surface area contributed by atoms with Gasteiger partial charge in [0.15, 0.2) is 0 Å². The molecular formula is C21H24N4O. The Kier molecular flexibility index (Phi) is 4.47. The molecule has 3 N–H and O–H groups in total. The number of para-hydroxylation sites is 2. The normalized spacial score (nSPS) is 16.0. The number of nitrogens with two attached hydrogens (primary N) is 1. The number of hydrogen-bond donors (Lipinski definition) is 2. The van der Waals surface area contributed by atoms with Crippen molar-refractivity contribution >= 4 is 16.9 Å². The van der Waals surface area contributed by atoms with Gasteiger partial charge in [0, 0.05) is 13.1 Å². The number of benzene rings is 2. The Bertz CT molecular complexity index is 907. The van der Waals surface area contributed by atoms with Crippen LogP contribution in [0.3, 0.4) is 0 Å². The second kappa shape index (κ2) is 6.92. The third kappa shape index (κ3) is 3.35. The van der Waals surface area contributed by atoms with E-state index in [0.29, 0.717) is 6.54 Å². The Hall–Kier alpha value is -2.66. The van der Waals surface area contributed by atoms with Crippen LogP contribution in [0.1, 0.15) is 36.8 Å². The van der Waals surface area contributed by atoms with Gasteiger partial charge >= 0.3 is 0 Å². The zero-order valence-corrected chi connectivity index (χ0v) is 14.8. The largest absolute Gasteiger partial charge is 0.350 e. The average molecular weight is 348 g/mol. The highest BCUT2D eigenvalue weighted by Gasteiger charge is 2.36. The van der Waals surface area contributed by atoms with Crippen LogP contribution in [0, 0.1) is 0 Å². The highest BCUT2D eigenvalue weighted by atomic mass is 16.2. The lowest BCUT2D eigenvalue weighted by Gasteiger charge is -2.22. The highest BCUT2D eigenvalue weighted by molar-refractivity contribution is 5.86. The zero-order valence-electron chi connectivity index (χ0n) is 14.8. The van der Waals surface area contributed by atoms with Gasteiger partial charge in [-0.15, -0.1) is 0 Å². The van der Waals surface area contributed by atoms with E-state index in [0.717, 1.165) is 48.8 Å². The molecule has 3 aromatic rings. The van der Waals surface area contributed by atoms with E-state index >= 15 is 0 Å². The fourth-order valence-electron chi connectivity index (χ4n) is 3.69. The van der Waals surface area contributed by atoms with Gasteiger partial charge < -0.3 is 15.6 Å². The molecule has 5 heteroatoms. The predicted octanol–water partition coefficient (Wildman–Crippen LogP) is 2.97. The van der Waals surface area contributed by atoms with Crippen LogP contribution in [0.15, 0.2) is 54.9 Å². The summed E-state index contributed by atoms with van der Waals surface area (Å²) in [5.41, 5.74) is 9.95. The van der Waals surface area contributed by atoms with Crippen molar-refractivity contribution in [1.82, 2.24) is 14.9 Å². The highest BCUT2D eigenvalue weighted by Crippen LogP contribution is 2.27. The maximum absolute atomic E-state index is 12.3. The minimum absolute atomic E-state index is 0.0241. The molecule has 1 aliphatic rings. The lowest BCUT2D eigenvalue weighted by Crippen LogP contribution is -2.51. The molecule has 134 valence electrons. The number of carbonyl (C=O) groups is 1. The number of nitrogens with one attached hydrogen (secondary N) is 1. The summed E-state index contributed by atoms with van der Waals surface area (Å²) in [5.74, 6) is -0.0241. The van der Waals surface area contributed by atoms with Gasteiger partial charge in [0.05, 0.1) is 22.9 Å². The third-order valence-electron chi connectivity index (χ3n) is 5.30. The number of hydrogen-bond acceptors (Lipinski definition) is 3. The van der Waals surface area contributed by atoms with Gasteiger partial charge in [-0.05, 0) is 36.1 Å². The Morgan fingerprint density at radius 1 is 1.08 bits per heavy atom. The molecule has 1 amide bonds. The number of fused-ring (bicyclic) bond motifs is 1. The van der Waals surface area contributed by atoms with Crippen LogP contribution >= 0.6 is 0 Å². The van der Waals surface area contributed by atoms with Crippen molar-refractivity contribution in [2.45, 2.75) is 44.3 Å². The Morgan fingerprint density at radius 2 is 1.77 bits per heavy atom. The Balaban J connectivity index is 1.38. The lowest BCUT2D eigenvalue weighted by molar-refractivity contribution is -0.126. The standard InChI is InChI=1S/C21H24N4O/c22-21(11-3-4-12-21)20(26)23-13-16-7-9-17(10-8-16)14-25-15-24-18-5-1-2-6-19(18)25/h1-2,5-10,15H,3-4,11-14,22H2,(H,23,26). The summed E-state index contributed by atoms with van der Waals surface area (Å²) in [6.45, 7) is 1.30. The second-order valence-corrected chi connectivity index (χ2v) is 7.22. The first-order chi connectivity index (χ1) is 12.6. The van der Waals surface area contributed by atoms with Crippen LogP contribution in [-0.2, 0) is 17.9 Å². The van der Waals surface area contributed by atoms with Crippen LogP contribution in [0.5, 0.6) is 0 Å². The average Bonchev–Trinajstić information content (AvgIpc) is 3.29. The molecule has 26 heavy (non-hydrogen) atoms. The van der Waals surface area contributed by atoms with E-state index in [1.807, 2.05) is 24.5 Å². The lowest BCUT2D eigenvalue weighted by atomic mass is 9.98. The fraction of sp³-hybridized carbons (Fsp3) is 0.333. The molecule has 0 spiro atoms. The van der Waals surface area contributed by atoms with Crippen LogP contribution < -0.4 is 11.1 Å². The van der Waals surface area contributed by atoms with Gasteiger partial charge in [0.1, 0.15) is 0 Å². The monoisotopic (exact) mass is 348 g/mol. The molecule has 1 heterocycles. The second-order valence-electron chi connectivity index (χ2n) is 7.22. The van der Waals surface area contributed by atoms with Crippen molar-refractivity contribution in [3.05, 3.63) is 66.0 Å². The quantitative estimate of drug-likeness (QED) is 0.744. The number of amides is 1. The molecule has 2 aromatic carbocycles. The number of imidazole rings is 1. The summed E-state index contributed by atoms with van der Waals surface area (Å²) in [7, 11) is 0. The van der Waals surface area contributed by atoms with Gasteiger partial charge in [0.25, 0.3) is 0 Å². The van der Waals surface area contributed by atoms with Crippen molar-refractivity contribution in [1.29, 1.82) is 0 Å². The molecule has 1 fully saturated rings. The molecule has 0 unspecified atom stereocenters. The molecular weight excluding hydrogens is 324 g/mol. The molecule has 1 aliphatic carbocycles. The minimum Gasteiger partial charge on any atom is -0.350 e. The number of aromatic nitrogens is 2. The summed E-state index contributed by atoms with van der Waals surface area (Å²) in [6.07, 6.45) is 5.54. The van der Waals surface area contributed by atoms with Crippen LogP contribution in [0.25, 0.3) is 11.0 Å². The summed E-state index contributed by atoms with van der Waals surface area (Å²) >= 11 is 0. The van der Waals surface area contributed by atoms with Crippen LogP contribution in [0.4, 0.5) is 0 Å². The SMILES string of the molecule is NC1(C(=O)NCc2ccc(Cn3cnc4ccccc43)cc2)CCCC1. The smallest absolute Gasteiger partial charge is 0.240 e. The topological polar surface area (TPSA) is 72.9 Å². The van der Waals surface area contributed by atoms with Crippen LogP contribution in [0.2, 0.25) is 0 Å². The maximum Gasteiger partial charge on any atom is 0.240 e. The first-order valence-electron chi connectivity index (χ1n) is 9.19. The van der Waals surface area contributed by atoms with E-state index in [1.165, 1.54) is 5.56 Å². The van der Waals surface area contributed by atoms with E-state index in [2.05, 4.69) is 45.2 Å². The molecule has 0 saturated heterocycles. The number of nitrogens with zero attached hydrogens (tertiary/aromatic N) is 2. The van der Waals surface area contributed by atoms with E-state index < -0.39 is 5.54 Å². The molecule has 0 bridgehead atoms. The first-order valence-corrected chi connectivity index (χ1v) is 9.19. The first kappa shape index (κ1) is 16.8. The van der Waals surface area contributed by atoms with Crippen molar-refractivity contribution in [2.75, 3.05) is 0 Å². The summed E-state index contributed by atoms with van der Waals surface area (Å²) in [4.78, 5) is 16.7. The van der Waals surface area contributed by atoms with Gasteiger partial charge in [-0.2, -0.15) is 0 Å². The van der Waals surface area contributed by atoms with Crippen molar-refractivity contribution < 1.29 is 4.79 Å². The van der Waals surface area contributed by atoms with Gasteiger partial charge in [-0.25, -0.2) is 4.98 Å². The minimum atomic E-state index is -0.664. The molecule has 0 radical (unpaired) electrons. The van der Waals surface area contributed by atoms with Gasteiger partial charge in [-0.3, -0.25) is 4.79 Å². The molecule has 4 rings (SSSR count). The van der Waals surface area contributed by atoms with Crippen molar-refractivity contribution in [2.24, 2.45) is 5.73 Å². The van der Waals surface area contributed by atoms with E-state index in [1.54, 1.807) is 0 Å². The third-order valence-corrected chi connectivity index (χ3v) is 5.30.